The van der Waals surface area contributed by atoms with Gasteiger partial charge in [0.05, 0.1) is 16.9 Å². The smallest absolute Gasteiger partial charge is 0.259 e. The van der Waals surface area contributed by atoms with Crippen LogP contribution in [0.4, 0.5) is 13.2 Å². The first-order valence-electron chi connectivity index (χ1n) is 7.20. The van der Waals surface area contributed by atoms with Crippen LogP contribution in [-0.4, -0.2) is 19.5 Å². The van der Waals surface area contributed by atoms with E-state index in [1.165, 1.54) is 12.4 Å². The molecule has 5 nitrogen and oxygen atoms in total. The third kappa shape index (κ3) is 2.64. The average molecular weight is 334 g/mol. The fourth-order valence-electron chi connectivity index (χ4n) is 2.53. The SMILES string of the molecule is CC(C)c1nccc(C(F)(F)F)c1-n1c(=O)ncc2cccnc21. The molecular weight excluding hydrogens is 321 g/mol. The lowest BCUT2D eigenvalue weighted by atomic mass is 10.0. The summed E-state index contributed by atoms with van der Waals surface area (Å²) in [5.41, 5.74) is -1.82. The Bertz CT molecular complexity index is 963. The third-order valence-electron chi connectivity index (χ3n) is 3.56. The molecule has 0 fully saturated rings. The molecule has 0 aromatic carbocycles. The van der Waals surface area contributed by atoms with Crippen molar-refractivity contribution >= 4 is 11.0 Å². The van der Waals surface area contributed by atoms with E-state index in [2.05, 4.69) is 15.0 Å². The molecule has 3 aromatic heterocycles. The fraction of sp³-hybridized carbons (Fsp3) is 0.250. The summed E-state index contributed by atoms with van der Waals surface area (Å²) < 4.78 is 41.5. The second-order valence-electron chi connectivity index (χ2n) is 5.54. The summed E-state index contributed by atoms with van der Waals surface area (Å²) in [4.78, 5) is 24.1. The van der Waals surface area contributed by atoms with E-state index in [1.807, 2.05) is 0 Å². The van der Waals surface area contributed by atoms with Crippen molar-refractivity contribution in [3.8, 4) is 5.69 Å². The van der Waals surface area contributed by atoms with Crippen LogP contribution in [0.3, 0.4) is 0 Å². The lowest BCUT2D eigenvalue weighted by Gasteiger charge is -2.19. The molecule has 0 N–H and O–H groups in total. The van der Waals surface area contributed by atoms with Gasteiger partial charge in [-0.1, -0.05) is 13.8 Å². The van der Waals surface area contributed by atoms with Gasteiger partial charge in [0.1, 0.15) is 5.65 Å². The number of rotatable bonds is 2. The molecule has 24 heavy (non-hydrogen) atoms. The Balaban J connectivity index is 2.51. The van der Waals surface area contributed by atoms with Crippen molar-refractivity contribution < 1.29 is 13.2 Å². The van der Waals surface area contributed by atoms with E-state index in [9.17, 15) is 18.0 Å². The monoisotopic (exact) mass is 334 g/mol. The molecule has 0 radical (unpaired) electrons. The molecule has 3 rings (SSSR count). The van der Waals surface area contributed by atoms with E-state index in [0.717, 1.165) is 16.8 Å². The van der Waals surface area contributed by atoms with Gasteiger partial charge in [0.2, 0.25) is 0 Å². The van der Waals surface area contributed by atoms with Crippen LogP contribution in [-0.2, 0) is 6.18 Å². The quantitative estimate of drug-likeness (QED) is 0.721. The van der Waals surface area contributed by atoms with Crippen LogP contribution in [0.2, 0.25) is 0 Å². The number of alkyl halides is 3. The zero-order chi connectivity index (χ0) is 17.5. The first-order valence-corrected chi connectivity index (χ1v) is 7.20. The Labute approximate surface area is 134 Å². The van der Waals surface area contributed by atoms with Gasteiger partial charge >= 0.3 is 11.9 Å². The van der Waals surface area contributed by atoms with Gasteiger partial charge in [-0.25, -0.2) is 19.3 Å². The maximum atomic E-state index is 13.5. The summed E-state index contributed by atoms with van der Waals surface area (Å²) in [6, 6.07) is 4.11. The summed E-state index contributed by atoms with van der Waals surface area (Å²) in [6.45, 7) is 3.42. The largest absolute Gasteiger partial charge is 0.418 e. The van der Waals surface area contributed by atoms with Gasteiger partial charge in [-0.3, -0.25) is 4.98 Å². The number of aromatic nitrogens is 4. The lowest BCUT2D eigenvalue weighted by molar-refractivity contribution is -0.137. The molecule has 0 bridgehead atoms. The molecule has 0 saturated heterocycles. The Morgan fingerprint density at radius 2 is 1.83 bits per heavy atom. The van der Waals surface area contributed by atoms with Gasteiger partial charge in [-0.2, -0.15) is 13.2 Å². The van der Waals surface area contributed by atoms with E-state index in [1.54, 1.807) is 26.0 Å². The van der Waals surface area contributed by atoms with Crippen LogP contribution >= 0.6 is 0 Å². The molecule has 0 spiro atoms. The average Bonchev–Trinajstić information content (AvgIpc) is 2.53. The van der Waals surface area contributed by atoms with E-state index < -0.39 is 17.4 Å². The van der Waals surface area contributed by atoms with Crippen molar-refractivity contribution in [3.05, 3.63) is 58.5 Å². The maximum absolute atomic E-state index is 13.5. The van der Waals surface area contributed by atoms with E-state index in [0.29, 0.717) is 5.39 Å². The molecule has 8 heteroatoms. The molecule has 0 amide bonds. The maximum Gasteiger partial charge on any atom is 0.418 e. The van der Waals surface area contributed by atoms with Crippen molar-refractivity contribution in [1.29, 1.82) is 0 Å². The number of halogens is 3. The van der Waals surface area contributed by atoms with E-state index >= 15 is 0 Å². The number of pyridine rings is 2. The highest BCUT2D eigenvalue weighted by Crippen LogP contribution is 2.36. The van der Waals surface area contributed by atoms with Gasteiger partial charge in [-0.05, 0) is 24.1 Å². The lowest BCUT2D eigenvalue weighted by Crippen LogP contribution is -2.26. The van der Waals surface area contributed by atoms with Crippen LogP contribution in [0, 0.1) is 0 Å². The highest BCUT2D eigenvalue weighted by Gasteiger charge is 2.36. The van der Waals surface area contributed by atoms with Crippen molar-refractivity contribution in [2.45, 2.75) is 25.9 Å². The van der Waals surface area contributed by atoms with Crippen LogP contribution in [0.25, 0.3) is 16.7 Å². The first kappa shape index (κ1) is 16.1. The fourth-order valence-corrected chi connectivity index (χ4v) is 2.53. The van der Waals surface area contributed by atoms with Gasteiger partial charge in [0.15, 0.2) is 0 Å². The predicted octanol–water partition coefficient (Wildman–Crippen LogP) is 3.32. The number of hydrogen-bond donors (Lipinski definition) is 0. The molecule has 0 aliphatic heterocycles. The van der Waals surface area contributed by atoms with Crippen LogP contribution in [0.1, 0.15) is 31.0 Å². The summed E-state index contributed by atoms with van der Waals surface area (Å²) in [7, 11) is 0. The Morgan fingerprint density at radius 3 is 2.50 bits per heavy atom. The minimum absolute atomic E-state index is 0.109. The Hall–Kier alpha value is -2.77. The van der Waals surface area contributed by atoms with Gasteiger partial charge in [0, 0.05) is 24.0 Å². The molecule has 124 valence electrons. The molecular formula is C16H13F3N4O. The van der Waals surface area contributed by atoms with Gasteiger partial charge < -0.3 is 0 Å². The number of fused-ring (bicyclic) bond motifs is 1. The van der Waals surface area contributed by atoms with Gasteiger partial charge in [-0.15, -0.1) is 0 Å². The second kappa shape index (κ2) is 5.70. The highest BCUT2D eigenvalue weighted by atomic mass is 19.4. The molecule has 0 unspecified atom stereocenters. The molecule has 0 aliphatic carbocycles. The topological polar surface area (TPSA) is 60.7 Å². The molecule has 0 atom stereocenters. The van der Waals surface area contributed by atoms with Crippen molar-refractivity contribution in [3.63, 3.8) is 0 Å². The Morgan fingerprint density at radius 1 is 1.08 bits per heavy atom. The summed E-state index contributed by atoms with van der Waals surface area (Å²) in [6.07, 6.45) is -0.840. The van der Waals surface area contributed by atoms with Crippen molar-refractivity contribution in [2.24, 2.45) is 0 Å². The van der Waals surface area contributed by atoms with Crippen LogP contribution in [0.15, 0.2) is 41.6 Å². The normalized spacial score (nSPS) is 12.1. The summed E-state index contributed by atoms with van der Waals surface area (Å²) in [5.74, 6) is -0.326. The van der Waals surface area contributed by atoms with Crippen molar-refractivity contribution in [1.82, 2.24) is 19.5 Å². The summed E-state index contributed by atoms with van der Waals surface area (Å²) in [5, 5.41) is 0.462. The minimum atomic E-state index is -4.64. The van der Waals surface area contributed by atoms with Crippen LogP contribution in [0.5, 0.6) is 0 Å². The Kier molecular flexibility index (Phi) is 3.82. The highest BCUT2D eigenvalue weighted by molar-refractivity contribution is 5.76. The standard InChI is InChI=1S/C16H13F3N4O/c1-9(2)12-13(11(5-7-20-12)16(17,18)19)23-14-10(4-3-6-21-14)8-22-15(23)24/h3-9H,1-2H3. The van der Waals surface area contributed by atoms with E-state index in [-0.39, 0.29) is 22.9 Å². The zero-order valence-electron chi connectivity index (χ0n) is 12.9. The van der Waals surface area contributed by atoms with Gasteiger partial charge in [0.25, 0.3) is 0 Å². The second-order valence-corrected chi connectivity index (χ2v) is 5.54. The number of nitrogens with zero attached hydrogens (tertiary/aromatic N) is 4. The van der Waals surface area contributed by atoms with Crippen molar-refractivity contribution in [2.75, 3.05) is 0 Å². The summed E-state index contributed by atoms with van der Waals surface area (Å²) >= 11 is 0. The molecule has 3 aromatic rings. The van der Waals surface area contributed by atoms with Crippen LogP contribution < -0.4 is 5.69 Å². The molecule has 0 saturated carbocycles. The predicted molar refractivity (Wildman–Crippen MR) is 82.0 cm³/mol. The molecule has 0 aliphatic rings. The minimum Gasteiger partial charge on any atom is -0.259 e. The third-order valence-corrected chi connectivity index (χ3v) is 3.56. The first-order chi connectivity index (χ1) is 11.3. The zero-order valence-corrected chi connectivity index (χ0v) is 12.9. The molecule has 3 heterocycles. The number of hydrogen-bond acceptors (Lipinski definition) is 4. The van der Waals surface area contributed by atoms with E-state index in [4.69, 9.17) is 0 Å².